The van der Waals surface area contributed by atoms with Crippen LogP contribution in [0.25, 0.3) is 0 Å². The third kappa shape index (κ3) is 4.09. The highest BCUT2D eigenvalue weighted by Crippen LogP contribution is 2.12. The fourth-order valence-electron chi connectivity index (χ4n) is 2.39. The first-order valence-corrected chi connectivity index (χ1v) is 7.46. The van der Waals surface area contributed by atoms with Gasteiger partial charge in [-0.1, -0.05) is 6.07 Å². The molecule has 0 saturated carbocycles. The quantitative estimate of drug-likeness (QED) is 0.612. The number of rotatable bonds is 2. The molecule has 0 atom stereocenters. The molecule has 0 aromatic heterocycles. The Bertz CT molecular complexity index is 665. The van der Waals surface area contributed by atoms with Crippen LogP contribution in [0.4, 0.5) is 5.69 Å². The molecule has 1 fully saturated rings. The summed E-state index contributed by atoms with van der Waals surface area (Å²) in [5.74, 6) is -2.03. The van der Waals surface area contributed by atoms with E-state index in [1.54, 1.807) is 23.1 Å². The molecule has 8 heteroatoms. The summed E-state index contributed by atoms with van der Waals surface area (Å²) < 4.78 is 4.61. The predicted molar refractivity (Wildman–Crippen MR) is 85.2 cm³/mol. The molecule has 8 nitrogen and oxygen atoms in total. The van der Waals surface area contributed by atoms with E-state index < -0.39 is 17.8 Å². The van der Waals surface area contributed by atoms with Gasteiger partial charge < -0.3 is 19.9 Å². The largest absolute Gasteiger partial charge is 0.465 e. The van der Waals surface area contributed by atoms with Gasteiger partial charge in [0.25, 0.3) is 0 Å². The number of hydrogen-bond donors (Lipinski definition) is 1. The van der Waals surface area contributed by atoms with Gasteiger partial charge in [-0.3, -0.25) is 14.4 Å². The van der Waals surface area contributed by atoms with Crippen molar-refractivity contribution in [1.82, 2.24) is 9.80 Å². The predicted octanol–water partition coefficient (Wildman–Crippen LogP) is 0.102. The van der Waals surface area contributed by atoms with Gasteiger partial charge in [0.1, 0.15) is 0 Å². The third-order valence-corrected chi connectivity index (χ3v) is 3.75. The average molecular weight is 333 g/mol. The van der Waals surface area contributed by atoms with Crippen LogP contribution in [0, 0.1) is 0 Å². The van der Waals surface area contributed by atoms with E-state index in [-0.39, 0.29) is 11.5 Å². The lowest BCUT2D eigenvalue weighted by Crippen LogP contribution is -2.52. The van der Waals surface area contributed by atoms with Crippen LogP contribution in [0.2, 0.25) is 0 Å². The number of anilines is 1. The Morgan fingerprint density at radius 1 is 1.04 bits per heavy atom. The van der Waals surface area contributed by atoms with Gasteiger partial charge in [0, 0.05) is 38.8 Å². The van der Waals surface area contributed by atoms with Gasteiger partial charge in [-0.25, -0.2) is 4.79 Å². The van der Waals surface area contributed by atoms with Gasteiger partial charge in [-0.15, -0.1) is 0 Å². The number of ether oxygens (including phenoxy) is 1. The van der Waals surface area contributed by atoms with Crippen molar-refractivity contribution in [2.75, 3.05) is 38.6 Å². The van der Waals surface area contributed by atoms with Crippen molar-refractivity contribution in [2.24, 2.45) is 0 Å². The third-order valence-electron chi connectivity index (χ3n) is 3.75. The number of piperazine rings is 1. The monoisotopic (exact) mass is 333 g/mol. The molecule has 128 valence electrons. The van der Waals surface area contributed by atoms with Crippen molar-refractivity contribution in [3.05, 3.63) is 29.8 Å². The molecular weight excluding hydrogens is 314 g/mol. The molecule has 3 amide bonds. The lowest BCUT2D eigenvalue weighted by atomic mass is 10.2. The molecule has 1 aliphatic rings. The van der Waals surface area contributed by atoms with Crippen LogP contribution in [0.3, 0.4) is 0 Å². The minimum atomic E-state index is -0.784. The average Bonchev–Trinajstić information content (AvgIpc) is 2.60. The fourth-order valence-corrected chi connectivity index (χ4v) is 2.39. The fraction of sp³-hybridized carbons (Fsp3) is 0.375. The first-order valence-electron chi connectivity index (χ1n) is 7.46. The number of carbonyl (C=O) groups is 4. The number of carbonyl (C=O) groups excluding carboxylic acids is 4. The Labute approximate surface area is 139 Å². The first-order chi connectivity index (χ1) is 11.4. The summed E-state index contributed by atoms with van der Waals surface area (Å²) in [6.45, 7) is 2.92. The van der Waals surface area contributed by atoms with E-state index in [0.717, 1.165) is 0 Å². The zero-order valence-corrected chi connectivity index (χ0v) is 13.6. The number of nitrogens with zero attached hydrogens (tertiary/aromatic N) is 2. The molecule has 0 unspecified atom stereocenters. The number of amides is 3. The topological polar surface area (TPSA) is 96.0 Å². The van der Waals surface area contributed by atoms with E-state index in [1.807, 2.05) is 0 Å². The highest BCUT2D eigenvalue weighted by Gasteiger charge is 2.26. The SMILES string of the molecule is COC(=O)c1cccc(NC(=O)C(=O)N2CCN(C(C)=O)CC2)c1. The van der Waals surface area contributed by atoms with Crippen molar-refractivity contribution in [1.29, 1.82) is 0 Å². The number of benzene rings is 1. The molecule has 1 N–H and O–H groups in total. The molecule has 1 aromatic rings. The molecule has 1 aliphatic heterocycles. The summed E-state index contributed by atoms with van der Waals surface area (Å²) in [6, 6.07) is 6.14. The molecule has 1 aromatic carbocycles. The molecule has 2 rings (SSSR count). The molecular formula is C16H19N3O5. The maximum absolute atomic E-state index is 12.2. The summed E-state index contributed by atoms with van der Waals surface area (Å²) in [5, 5.41) is 2.47. The van der Waals surface area contributed by atoms with Crippen LogP contribution in [-0.2, 0) is 19.1 Å². The van der Waals surface area contributed by atoms with Crippen LogP contribution in [0.5, 0.6) is 0 Å². The Balaban J connectivity index is 1.96. The summed E-state index contributed by atoms with van der Waals surface area (Å²) in [7, 11) is 1.26. The van der Waals surface area contributed by atoms with E-state index in [4.69, 9.17) is 0 Å². The molecule has 0 spiro atoms. The van der Waals surface area contributed by atoms with Gasteiger partial charge in [-0.2, -0.15) is 0 Å². The number of esters is 1. The Hall–Kier alpha value is -2.90. The zero-order valence-electron chi connectivity index (χ0n) is 13.6. The number of hydrogen-bond acceptors (Lipinski definition) is 5. The van der Waals surface area contributed by atoms with Gasteiger partial charge >= 0.3 is 17.8 Å². The first kappa shape index (κ1) is 17.5. The van der Waals surface area contributed by atoms with E-state index in [0.29, 0.717) is 31.9 Å². The minimum Gasteiger partial charge on any atom is -0.465 e. The van der Waals surface area contributed by atoms with Crippen LogP contribution >= 0.6 is 0 Å². The maximum Gasteiger partial charge on any atom is 0.337 e. The second-order valence-corrected chi connectivity index (χ2v) is 5.32. The minimum absolute atomic E-state index is 0.0498. The second kappa shape index (κ2) is 7.58. The summed E-state index contributed by atoms with van der Waals surface area (Å²) >= 11 is 0. The Morgan fingerprint density at radius 3 is 2.25 bits per heavy atom. The van der Waals surface area contributed by atoms with E-state index >= 15 is 0 Å². The van der Waals surface area contributed by atoms with Crippen LogP contribution < -0.4 is 5.32 Å². The van der Waals surface area contributed by atoms with Gasteiger partial charge in [-0.05, 0) is 18.2 Å². The van der Waals surface area contributed by atoms with Crippen molar-refractivity contribution in [3.8, 4) is 0 Å². The van der Waals surface area contributed by atoms with E-state index in [2.05, 4.69) is 10.1 Å². The second-order valence-electron chi connectivity index (χ2n) is 5.32. The summed E-state index contributed by atoms with van der Waals surface area (Å²) in [5.41, 5.74) is 0.608. The molecule has 0 aliphatic carbocycles. The van der Waals surface area contributed by atoms with Gasteiger partial charge in [0.2, 0.25) is 5.91 Å². The molecule has 24 heavy (non-hydrogen) atoms. The normalized spacial score (nSPS) is 14.1. The summed E-state index contributed by atoms with van der Waals surface area (Å²) in [4.78, 5) is 50.0. The molecule has 1 heterocycles. The van der Waals surface area contributed by atoms with Gasteiger partial charge in [0.05, 0.1) is 12.7 Å². The number of methoxy groups -OCH3 is 1. The number of nitrogens with one attached hydrogen (secondary N) is 1. The highest BCUT2D eigenvalue weighted by atomic mass is 16.5. The van der Waals surface area contributed by atoms with Crippen LogP contribution in [-0.4, -0.2) is 66.8 Å². The lowest BCUT2D eigenvalue weighted by Gasteiger charge is -2.33. The Kier molecular flexibility index (Phi) is 5.51. The van der Waals surface area contributed by atoms with Gasteiger partial charge in [0.15, 0.2) is 0 Å². The van der Waals surface area contributed by atoms with Crippen molar-refractivity contribution < 1.29 is 23.9 Å². The van der Waals surface area contributed by atoms with Crippen molar-refractivity contribution in [2.45, 2.75) is 6.92 Å². The van der Waals surface area contributed by atoms with Crippen LogP contribution in [0.15, 0.2) is 24.3 Å². The van der Waals surface area contributed by atoms with E-state index in [9.17, 15) is 19.2 Å². The van der Waals surface area contributed by atoms with E-state index in [1.165, 1.54) is 25.0 Å². The van der Waals surface area contributed by atoms with Crippen molar-refractivity contribution in [3.63, 3.8) is 0 Å². The standard InChI is InChI=1S/C16H19N3O5/c1-11(20)18-6-8-19(9-7-18)15(22)14(21)17-13-5-3-4-12(10-13)16(23)24-2/h3-5,10H,6-9H2,1-2H3,(H,17,21). The smallest absolute Gasteiger partial charge is 0.337 e. The lowest BCUT2D eigenvalue weighted by molar-refractivity contribution is -0.145. The molecule has 0 radical (unpaired) electrons. The van der Waals surface area contributed by atoms with Crippen LogP contribution in [0.1, 0.15) is 17.3 Å². The highest BCUT2D eigenvalue weighted by molar-refractivity contribution is 6.39. The summed E-state index contributed by atoms with van der Waals surface area (Å²) in [6.07, 6.45) is 0. The molecule has 0 bridgehead atoms. The Morgan fingerprint density at radius 2 is 1.67 bits per heavy atom. The maximum atomic E-state index is 12.2. The molecule has 1 saturated heterocycles. The van der Waals surface area contributed by atoms with Crippen molar-refractivity contribution >= 4 is 29.4 Å². The zero-order chi connectivity index (χ0) is 17.7.